The molecule has 24 heavy (non-hydrogen) atoms. The third-order valence-electron chi connectivity index (χ3n) is 5.10. The van der Waals surface area contributed by atoms with Crippen LogP contribution in [0.1, 0.15) is 12.8 Å². The number of nitrogens with one attached hydrogen (secondary N) is 1. The molecule has 3 aromatic rings. The van der Waals surface area contributed by atoms with Crippen molar-refractivity contribution in [2.75, 3.05) is 18.5 Å². The predicted octanol–water partition coefficient (Wildman–Crippen LogP) is 3.28. The first-order valence-corrected chi connectivity index (χ1v) is 8.34. The van der Waals surface area contributed by atoms with Crippen molar-refractivity contribution >= 4 is 16.7 Å². The molecular weight excluding hydrogens is 300 g/mol. The lowest BCUT2D eigenvalue weighted by molar-refractivity contribution is 0.114. The summed E-state index contributed by atoms with van der Waals surface area (Å²) in [6.07, 6.45) is 6.38. The van der Waals surface area contributed by atoms with Crippen LogP contribution in [0.3, 0.4) is 0 Å². The topological polar surface area (TPSA) is 59.9 Å². The molecule has 0 unspecified atom stereocenters. The minimum Gasteiger partial charge on any atom is -0.378 e. The van der Waals surface area contributed by atoms with Crippen LogP contribution in [0.4, 0.5) is 5.82 Å². The van der Waals surface area contributed by atoms with Crippen LogP contribution in [0.5, 0.6) is 0 Å². The number of anilines is 1. The Morgan fingerprint density at radius 3 is 2.83 bits per heavy atom. The van der Waals surface area contributed by atoms with Crippen LogP contribution in [-0.4, -0.2) is 34.2 Å². The fraction of sp³-hybridized carbons (Fsp3) is 0.316. The second kappa shape index (κ2) is 5.24. The summed E-state index contributed by atoms with van der Waals surface area (Å²) < 4.78 is 5.72. The van der Waals surface area contributed by atoms with Crippen molar-refractivity contribution in [2.24, 2.45) is 5.41 Å². The van der Waals surface area contributed by atoms with Gasteiger partial charge >= 0.3 is 0 Å². The van der Waals surface area contributed by atoms with E-state index in [1.807, 2.05) is 30.3 Å². The van der Waals surface area contributed by atoms with Crippen molar-refractivity contribution in [1.82, 2.24) is 15.0 Å². The molecule has 5 heteroatoms. The smallest absolute Gasteiger partial charge is 0.163 e. The Kier molecular flexibility index (Phi) is 3.03. The summed E-state index contributed by atoms with van der Waals surface area (Å²) >= 11 is 0. The molecule has 2 bridgehead atoms. The highest BCUT2D eigenvalue weighted by Crippen LogP contribution is 2.50. The largest absolute Gasteiger partial charge is 0.378 e. The van der Waals surface area contributed by atoms with Crippen LogP contribution in [0.2, 0.25) is 0 Å². The fourth-order valence-electron chi connectivity index (χ4n) is 3.74. The van der Waals surface area contributed by atoms with Gasteiger partial charge in [0.1, 0.15) is 5.82 Å². The van der Waals surface area contributed by atoms with E-state index in [1.54, 1.807) is 12.4 Å². The molecule has 0 radical (unpaired) electrons. The third-order valence-corrected chi connectivity index (χ3v) is 5.10. The van der Waals surface area contributed by atoms with Crippen molar-refractivity contribution in [3.05, 3.63) is 48.8 Å². The summed E-state index contributed by atoms with van der Waals surface area (Å²) in [5, 5.41) is 4.62. The van der Waals surface area contributed by atoms with Gasteiger partial charge in [0.2, 0.25) is 0 Å². The first-order chi connectivity index (χ1) is 11.8. The van der Waals surface area contributed by atoms with Crippen molar-refractivity contribution < 1.29 is 4.74 Å². The van der Waals surface area contributed by atoms with Gasteiger partial charge in [-0.05, 0) is 37.1 Å². The zero-order valence-corrected chi connectivity index (χ0v) is 13.3. The number of benzene rings is 1. The Morgan fingerprint density at radius 2 is 2.04 bits per heavy atom. The van der Waals surface area contributed by atoms with E-state index in [-0.39, 0.29) is 0 Å². The number of fused-ring (bicyclic) bond motifs is 2. The molecule has 1 aliphatic carbocycles. The van der Waals surface area contributed by atoms with Crippen molar-refractivity contribution in [3.8, 4) is 11.4 Å². The Balaban J connectivity index is 1.53. The molecule has 3 aliphatic rings. The Morgan fingerprint density at radius 1 is 1.12 bits per heavy atom. The molecule has 2 aromatic heterocycles. The summed E-state index contributed by atoms with van der Waals surface area (Å²) in [6.45, 7) is 1.76. The van der Waals surface area contributed by atoms with Gasteiger partial charge in [-0.25, -0.2) is 9.97 Å². The molecule has 0 amide bonds. The Labute approximate surface area is 140 Å². The number of hydrogen-bond donors (Lipinski definition) is 1. The molecule has 0 atom stereocenters. The van der Waals surface area contributed by atoms with Crippen LogP contribution < -0.4 is 5.32 Å². The maximum Gasteiger partial charge on any atom is 0.163 e. The van der Waals surface area contributed by atoms with Gasteiger partial charge in [-0.2, -0.15) is 0 Å². The molecule has 1 aromatic carbocycles. The zero-order chi connectivity index (χ0) is 16.0. The molecular formula is C19H18N4O. The Hall–Kier alpha value is -2.53. The molecule has 6 rings (SSSR count). The molecule has 5 nitrogen and oxygen atoms in total. The average Bonchev–Trinajstić information content (AvgIpc) is 3.21. The number of ether oxygens (including phenoxy) is 1. The summed E-state index contributed by atoms with van der Waals surface area (Å²) in [4.78, 5) is 13.7. The minimum atomic E-state index is 0.297. The van der Waals surface area contributed by atoms with E-state index in [0.717, 1.165) is 35.4 Å². The summed E-state index contributed by atoms with van der Waals surface area (Å²) in [6, 6.07) is 12.0. The molecule has 2 aliphatic heterocycles. The van der Waals surface area contributed by atoms with Gasteiger partial charge in [0.05, 0.1) is 18.2 Å². The highest BCUT2D eigenvalue weighted by Gasteiger charge is 2.51. The van der Waals surface area contributed by atoms with Gasteiger partial charge in [-0.15, -0.1) is 0 Å². The molecule has 1 saturated carbocycles. The highest BCUT2D eigenvalue weighted by atomic mass is 16.5. The van der Waals surface area contributed by atoms with E-state index >= 15 is 0 Å². The quantitative estimate of drug-likeness (QED) is 0.800. The molecule has 2 saturated heterocycles. The highest BCUT2D eigenvalue weighted by molar-refractivity contribution is 5.90. The van der Waals surface area contributed by atoms with Crippen LogP contribution >= 0.6 is 0 Å². The Bertz CT molecular complexity index is 885. The zero-order valence-electron chi connectivity index (χ0n) is 13.3. The first kappa shape index (κ1) is 13.9. The van der Waals surface area contributed by atoms with Crippen molar-refractivity contribution in [1.29, 1.82) is 0 Å². The monoisotopic (exact) mass is 318 g/mol. The van der Waals surface area contributed by atoms with E-state index in [0.29, 0.717) is 17.3 Å². The molecule has 120 valence electrons. The third kappa shape index (κ3) is 2.24. The predicted molar refractivity (Wildman–Crippen MR) is 92.7 cm³/mol. The lowest BCUT2D eigenvalue weighted by Gasteiger charge is -2.35. The van der Waals surface area contributed by atoms with Crippen LogP contribution in [0, 0.1) is 5.41 Å². The number of hydrogen-bond acceptors (Lipinski definition) is 5. The van der Waals surface area contributed by atoms with E-state index < -0.39 is 0 Å². The van der Waals surface area contributed by atoms with E-state index in [2.05, 4.69) is 16.4 Å². The van der Waals surface area contributed by atoms with Crippen LogP contribution in [0.25, 0.3) is 22.3 Å². The number of aromatic nitrogens is 3. The molecule has 4 heterocycles. The molecule has 0 spiro atoms. The second-order valence-corrected chi connectivity index (χ2v) is 6.85. The summed E-state index contributed by atoms with van der Waals surface area (Å²) in [7, 11) is 0. The average molecular weight is 318 g/mol. The van der Waals surface area contributed by atoms with Crippen molar-refractivity contribution in [3.63, 3.8) is 0 Å². The lowest BCUT2D eigenvalue weighted by Crippen LogP contribution is -2.39. The van der Waals surface area contributed by atoms with Crippen LogP contribution in [0.15, 0.2) is 48.8 Å². The summed E-state index contributed by atoms with van der Waals surface area (Å²) in [5.41, 5.74) is 2.17. The number of pyridine rings is 1. The number of rotatable bonds is 4. The van der Waals surface area contributed by atoms with Gasteiger partial charge in [-0.1, -0.05) is 12.1 Å². The number of nitrogens with zero attached hydrogens (tertiary/aromatic N) is 3. The lowest BCUT2D eigenvalue weighted by atomic mass is 9.70. The van der Waals surface area contributed by atoms with Gasteiger partial charge < -0.3 is 10.1 Å². The maximum absolute atomic E-state index is 5.72. The van der Waals surface area contributed by atoms with E-state index in [4.69, 9.17) is 14.7 Å². The normalized spacial score (nSPS) is 24.8. The van der Waals surface area contributed by atoms with Gasteiger partial charge in [-0.3, -0.25) is 4.98 Å². The summed E-state index contributed by atoms with van der Waals surface area (Å²) in [5.74, 6) is 1.60. The van der Waals surface area contributed by atoms with Crippen molar-refractivity contribution in [2.45, 2.75) is 18.9 Å². The minimum absolute atomic E-state index is 0.297. The fourth-order valence-corrected chi connectivity index (χ4v) is 3.74. The molecule has 3 fully saturated rings. The van der Waals surface area contributed by atoms with Gasteiger partial charge in [0, 0.05) is 35.3 Å². The van der Waals surface area contributed by atoms with E-state index in [1.165, 1.54) is 12.8 Å². The van der Waals surface area contributed by atoms with E-state index in [9.17, 15) is 0 Å². The maximum atomic E-state index is 5.72. The van der Waals surface area contributed by atoms with Gasteiger partial charge in [0.15, 0.2) is 5.82 Å². The number of para-hydroxylation sites is 1. The standard InChI is InChI=1S/C19H18N4O/c1-2-6-16-15(5-1)18(21-11-19-8-14(9-19)24-12-19)23-17(22-16)13-4-3-7-20-10-13/h1-7,10,14H,8-9,11-12H2,(H,21,22,23). The van der Waals surface area contributed by atoms with Gasteiger partial charge in [0.25, 0.3) is 0 Å². The first-order valence-electron chi connectivity index (χ1n) is 8.34. The van der Waals surface area contributed by atoms with Crippen LogP contribution in [-0.2, 0) is 4.74 Å². The molecule has 1 N–H and O–H groups in total. The SMILES string of the molecule is c1cncc(-c2nc(NCC34COC(C3)C4)c3ccccc3n2)c1. The second-order valence-electron chi connectivity index (χ2n) is 6.85.